The molecule has 144 valence electrons. The highest BCUT2D eigenvalue weighted by atomic mass is 32.2. The third kappa shape index (κ3) is 6.90. The van der Waals surface area contributed by atoms with Crippen molar-refractivity contribution < 1.29 is 39.3 Å². The molecule has 1 aromatic carbocycles. The van der Waals surface area contributed by atoms with Crippen LogP contribution >= 0.6 is 19.1 Å². The molecule has 0 spiro atoms. The van der Waals surface area contributed by atoms with Crippen molar-refractivity contribution in [3.63, 3.8) is 0 Å². The normalized spacial score (nSPS) is 15.4. The molecule has 1 atom stereocenters. The van der Waals surface area contributed by atoms with E-state index in [2.05, 4.69) is 4.18 Å². The summed E-state index contributed by atoms with van der Waals surface area (Å²) in [5, 5.41) is 0. The summed E-state index contributed by atoms with van der Waals surface area (Å²) in [5.74, 6) is -1.40. The molecular formula is C13H17F4O5PS2. The van der Waals surface area contributed by atoms with Gasteiger partial charge in [-0.1, -0.05) is 13.0 Å². The van der Waals surface area contributed by atoms with Crippen molar-refractivity contribution in [3.8, 4) is 0 Å². The zero-order chi connectivity index (χ0) is 19.5. The Bertz CT molecular complexity index is 749. The fourth-order valence-corrected chi connectivity index (χ4v) is 5.84. The van der Waals surface area contributed by atoms with Crippen molar-refractivity contribution in [3.05, 3.63) is 24.0 Å². The summed E-state index contributed by atoms with van der Waals surface area (Å²) in [5.41, 5.74) is -4.82. The van der Waals surface area contributed by atoms with Crippen LogP contribution in [0, 0.1) is 5.82 Å². The van der Waals surface area contributed by atoms with E-state index in [4.69, 9.17) is 4.52 Å². The van der Waals surface area contributed by atoms with E-state index in [1.54, 1.807) is 13.8 Å². The Labute approximate surface area is 147 Å². The summed E-state index contributed by atoms with van der Waals surface area (Å²) in [6, 6.07) is 2.45. The van der Waals surface area contributed by atoms with Gasteiger partial charge in [-0.25, -0.2) is 4.39 Å². The molecule has 5 nitrogen and oxygen atoms in total. The summed E-state index contributed by atoms with van der Waals surface area (Å²) in [4.78, 5) is -2.12. The van der Waals surface area contributed by atoms with Gasteiger partial charge in [-0.3, -0.25) is 8.75 Å². The maximum atomic E-state index is 13.9. The molecule has 1 aromatic rings. The predicted octanol–water partition coefficient (Wildman–Crippen LogP) is 4.82. The molecule has 0 aliphatic rings. The molecule has 0 bridgehead atoms. The quantitative estimate of drug-likeness (QED) is 0.258. The van der Waals surface area contributed by atoms with Crippen LogP contribution in [-0.4, -0.2) is 32.5 Å². The van der Waals surface area contributed by atoms with Crippen molar-refractivity contribution in [1.82, 2.24) is 0 Å². The molecule has 0 heterocycles. The Hall–Kier alpha value is -0.610. The van der Waals surface area contributed by atoms with Crippen LogP contribution in [0.3, 0.4) is 0 Å². The van der Waals surface area contributed by atoms with E-state index in [1.807, 2.05) is 0 Å². The van der Waals surface area contributed by atoms with E-state index in [1.165, 1.54) is 6.92 Å². The van der Waals surface area contributed by atoms with Crippen molar-refractivity contribution in [2.75, 3.05) is 12.5 Å². The van der Waals surface area contributed by atoms with Crippen LogP contribution < -0.4 is 0 Å². The van der Waals surface area contributed by atoms with Gasteiger partial charge in [0, 0.05) is 11.1 Å². The fraction of sp³-hybridized carbons (Fsp3) is 0.538. The summed E-state index contributed by atoms with van der Waals surface area (Å²) >= 11 is -0.781. The van der Waals surface area contributed by atoms with Crippen molar-refractivity contribution in [1.29, 1.82) is 0 Å². The van der Waals surface area contributed by atoms with Crippen molar-refractivity contribution >= 4 is 29.2 Å². The van der Waals surface area contributed by atoms with E-state index >= 15 is 0 Å². The molecule has 0 fully saturated rings. The van der Waals surface area contributed by atoms with Gasteiger partial charge in [-0.15, -0.1) is 0 Å². The minimum atomic E-state index is -4.92. The van der Waals surface area contributed by atoms with E-state index in [0.717, 1.165) is 12.1 Å². The van der Waals surface area contributed by atoms with Gasteiger partial charge in [0.05, 0.1) is 6.10 Å². The first-order valence-corrected chi connectivity index (χ1v) is 11.2. The lowest BCUT2D eigenvalue weighted by Gasteiger charge is -2.20. The molecule has 12 heteroatoms. The second-order valence-corrected chi connectivity index (χ2v) is 10.5. The first-order chi connectivity index (χ1) is 11.3. The van der Waals surface area contributed by atoms with Crippen LogP contribution in [0.2, 0.25) is 0 Å². The van der Waals surface area contributed by atoms with Crippen LogP contribution in [0.5, 0.6) is 0 Å². The van der Waals surface area contributed by atoms with Gasteiger partial charge in [0.15, 0.2) is 0 Å². The first-order valence-electron chi connectivity index (χ1n) is 7.00. The minimum Gasteiger partial charge on any atom is -0.324 e. The number of alkyl halides is 3. The zero-order valence-electron chi connectivity index (χ0n) is 13.5. The minimum absolute atomic E-state index is 0.0534. The van der Waals surface area contributed by atoms with Gasteiger partial charge in [0.1, 0.15) is 17.1 Å². The molecule has 0 saturated heterocycles. The molecule has 1 rings (SSSR count). The summed E-state index contributed by atoms with van der Waals surface area (Å²) in [7, 11) is -8.42. The van der Waals surface area contributed by atoms with Gasteiger partial charge >= 0.3 is 15.6 Å². The highest BCUT2D eigenvalue weighted by Gasteiger charge is 2.36. The molecular weight excluding hydrogens is 407 g/mol. The third-order valence-electron chi connectivity index (χ3n) is 2.70. The topological polar surface area (TPSA) is 69.7 Å². The average molecular weight is 424 g/mol. The lowest BCUT2D eigenvalue weighted by molar-refractivity contribution is -0.0329. The predicted molar refractivity (Wildman–Crippen MR) is 85.8 cm³/mol. The molecule has 0 aliphatic heterocycles. The summed E-state index contributed by atoms with van der Waals surface area (Å²) < 4.78 is 98.0. The van der Waals surface area contributed by atoms with E-state index in [-0.39, 0.29) is 6.16 Å². The maximum absolute atomic E-state index is 13.9. The van der Waals surface area contributed by atoms with Gasteiger partial charge in [0.2, 0.25) is 7.37 Å². The van der Waals surface area contributed by atoms with Crippen LogP contribution in [0.25, 0.3) is 0 Å². The first kappa shape index (κ1) is 22.4. The maximum Gasteiger partial charge on any atom is 0.446 e. The average Bonchev–Trinajstić information content (AvgIpc) is 2.42. The second kappa shape index (κ2) is 8.39. The summed E-state index contributed by atoms with van der Waals surface area (Å²) in [6.45, 7) is 4.63. The van der Waals surface area contributed by atoms with E-state index in [9.17, 15) is 30.5 Å². The second-order valence-electron chi connectivity index (χ2n) is 5.10. The Morgan fingerprint density at radius 1 is 1.28 bits per heavy atom. The zero-order valence-corrected chi connectivity index (χ0v) is 16.1. The van der Waals surface area contributed by atoms with Gasteiger partial charge in [-0.2, -0.15) is 21.6 Å². The van der Waals surface area contributed by atoms with Crippen LogP contribution in [0.1, 0.15) is 20.8 Å². The van der Waals surface area contributed by atoms with Gasteiger partial charge in [-0.05, 0) is 37.7 Å². The molecule has 0 amide bonds. The van der Waals surface area contributed by atoms with Gasteiger partial charge in [0.25, 0.3) is 0 Å². The molecule has 0 radical (unpaired) electrons. The van der Waals surface area contributed by atoms with E-state index in [0.29, 0.717) is 6.07 Å². The molecule has 0 N–H and O–H groups in total. The highest BCUT2D eigenvalue weighted by Crippen LogP contribution is 2.49. The lowest BCUT2D eigenvalue weighted by atomic mass is 10.3. The molecule has 1 unspecified atom stereocenters. The van der Waals surface area contributed by atoms with Crippen LogP contribution in [0.15, 0.2) is 28.0 Å². The Morgan fingerprint density at radius 2 is 1.88 bits per heavy atom. The number of hydrogen-bond acceptors (Lipinski definition) is 6. The van der Waals surface area contributed by atoms with Crippen LogP contribution in [0.4, 0.5) is 17.6 Å². The van der Waals surface area contributed by atoms with Crippen molar-refractivity contribution in [2.24, 2.45) is 0 Å². The Morgan fingerprint density at radius 3 is 2.36 bits per heavy atom. The number of halogens is 4. The lowest BCUT2D eigenvalue weighted by Crippen LogP contribution is -2.15. The number of hydrogen-bond donors (Lipinski definition) is 0. The summed E-state index contributed by atoms with van der Waals surface area (Å²) in [6.07, 6.45) is -1.43. The standard InChI is InChI=1S/C13H17F4O5PS2/c1-4-23(18,22-9(2)3)8-21-25(19,20)12-10(14)6-5-7-11(12)24-13(15,16)17/h5-7,9H,4,8H2,1-3H3. The molecule has 25 heavy (non-hydrogen) atoms. The monoisotopic (exact) mass is 424 g/mol. The Kier molecular flexibility index (Phi) is 7.53. The smallest absolute Gasteiger partial charge is 0.324 e. The van der Waals surface area contributed by atoms with Crippen molar-refractivity contribution in [2.45, 2.75) is 42.2 Å². The number of benzene rings is 1. The van der Waals surface area contributed by atoms with Gasteiger partial charge < -0.3 is 4.52 Å². The highest BCUT2D eigenvalue weighted by molar-refractivity contribution is 8.00. The van der Waals surface area contributed by atoms with Crippen LogP contribution in [-0.2, 0) is 23.4 Å². The molecule has 0 aromatic heterocycles. The van der Waals surface area contributed by atoms with E-state index < -0.39 is 62.8 Å². The Balaban J connectivity index is 3.16. The number of thioether (sulfide) groups is 1. The number of rotatable bonds is 8. The fourth-order valence-electron chi connectivity index (χ4n) is 1.73. The largest absolute Gasteiger partial charge is 0.446 e. The molecule has 0 aliphatic carbocycles. The third-order valence-corrected chi connectivity index (χ3v) is 7.43. The SMILES string of the molecule is CCP(=O)(COS(=O)(=O)c1c(F)cccc1SC(F)(F)F)OC(C)C. The molecule has 0 saturated carbocycles.